The minimum Gasteiger partial charge on any atom is -0.490 e. The van der Waals surface area contributed by atoms with Crippen molar-refractivity contribution in [3.05, 3.63) is 53.8 Å². The average Bonchev–Trinajstić information content (AvgIpc) is 3.21. The molecule has 7 heteroatoms. The fourth-order valence-electron chi connectivity index (χ4n) is 1.92. The highest BCUT2D eigenvalue weighted by Crippen LogP contribution is 2.23. The third kappa shape index (κ3) is 3.95. The Morgan fingerprint density at radius 1 is 1.26 bits per heavy atom. The zero-order valence-corrected chi connectivity index (χ0v) is 13.3. The van der Waals surface area contributed by atoms with Crippen molar-refractivity contribution in [3.8, 4) is 16.3 Å². The van der Waals surface area contributed by atoms with Crippen LogP contribution in [0.4, 0.5) is 0 Å². The maximum absolute atomic E-state index is 12.0. The molecule has 0 amide bonds. The first-order valence-corrected chi connectivity index (χ1v) is 7.90. The largest absolute Gasteiger partial charge is 0.490 e. The van der Waals surface area contributed by atoms with E-state index in [1.54, 1.807) is 16.3 Å². The summed E-state index contributed by atoms with van der Waals surface area (Å²) in [4.78, 5) is 16.2. The Kier molecular flexibility index (Phi) is 4.68. The van der Waals surface area contributed by atoms with Gasteiger partial charge in [0.1, 0.15) is 24.0 Å². The van der Waals surface area contributed by atoms with E-state index < -0.39 is 5.97 Å². The minimum absolute atomic E-state index is 0.174. The van der Waals surface area contributed by atoms with E-state index in [1.807, 2.05) is 43.6 Å². The lowest BCUT2D eigenvalue weighted by Crippen LogP contribution is -2.12. The molecule has 118 valence electrons. The van der Waals surface area contributed by atoms with Crippen LogP contribution in [0.15, 0.2) is 48.1 Å². The molecule has 23 heavy (non-hydrogen) atoms. The smallest absolute Gasteiger partial charge is 0.357 e. The Morgan fingerprint density at radius 2 is 2.09 bits per heavy atom. The van der Waals surface area contributed by atoms with Gasteiger partial charge < -0.3 is 9.47 Å². The predicted molar refractivity (Wildman–Crippen MR) is 86.5 cm³/mol. The van der Waals surface area contributed by atoms with E-state index in [-0.39, 0.29) is 6.61 Å². The number of carbonyl (C=O) groups is 1. The lowest BCUT2D eigenvalue weighted by molar-refractivity contribution is 0.0444. The van der Waals surface area contributed by atoms with Crippen molar-refractivity contribution in [1.29, 1.82) is 0 Å². The molecule has 0 N–H and O–H groups in total. The van der Waals surface area contributed by atoms with Gasteiger partial charge in [-0.1, -0.05) is 18.2 Å². The Balaban J connectivity index is 1.50. The van der Waals surface area contributed by atoms with Gasteiger partial charge in [0, 0.05) is 24.2 Å². The van der Waals surface area contributed by atoms with Crippen LogP contribution in [0.3, 0.4) is 0 Å². The zero-order chi connectivity index (χ0) is 16.1. The molecule has 0 aliphatic rings. The summed E-state index contributed by atoms with van der Waals surface area (Å²) in [5.74, 6) is 0.295. The summed E-state index contributed by atoms with van der Waals surface area (Å²) in [6.07, 6.45) is 3.56. The molecule has 2 aromatic heterocycles. The van der Waals surface area contributed by atoms with Crippen LogP contribution >= 0.6 is 11.3 Å². The van der Waals surface area contributed by atoms with Gasteiger partial charge in [-0.05, 0) is 12.1 Å². The molecule has 0 fully saturated rings. The molecule has 0 aliphatic carbocycles. The molecule has 0 radical (unpaired) electrons. The molecule has 0 spiro atoms. The molecule has 0 unspecified atom stereocenters. The van der Waals surface area contributed by atoms with E-state index in [9.17, 15) is 4.79 Å². The minimum atomic E-state index is -0.451. The van der Waals surface area contributed by atoms with Crippen molar-refractivity contribution in [3.63, 3.8) is 0 Å². The van der Waals surface area contributed by atoms with Gasteiger partial charge in [-0.2, -0.15) is 5.10 Å². The molecule has 1 aromatic carbocycles. The van der Waals surface area contributed by atoms with Gasteiger partial charge >= 0.3 is 5.97 Å². The number of rotatable bonds is 6. The monoisotopic (exact) mass is 329 g/mol. The first-order chi connectivity index (χ1) is 11.2. The number of thiazole rings is 1. The van der Waals surface area contributed by atoms with Gasteiger partial charge in [0.15, 0.2) is 5.69 Å². The fourth-order valence-corrected chi connectivity index (χ4v) is 2.68. The van der Waals surface area contributed by atoms with Crippen LogP contribution in [-0.4, -0.2) is 33.9 Å². The Hall–Kier alpha value is -2.67. The van der Waals surface area contributed by atoms with Crippen molar-refractivity contribution in [2.75, 3.05) is 13.2 Å². The van der Waals surface area contributed by atoms with E-state index in [2.05, 4.69) is 10.1 Å². The highest BCUT2D eigenvalue weighted by atomic mass is 32.1. The van der Waals surface area contributed by atoms with E-state index in [0.717, 1.165) is 16.3 Å². The van der Waals surface area contributed by atoms with Crippen molar-refractivity contribution < 1.29 is 14.3 Å². The van der Waals surface area contributed by atoms with Crippen molar-refractivity contribution in [1.82, 2.24) is 14.8 Å². The second-order valence-electron chi connectivity index (χ2n) is 4.74. The molecule has 6 nitrogen and oxygen atoms in total. The maximum Gasteiger partial charge on any atom is 0.357 e. The molecular weight excluding hydrogens is 314 g/mol. The Bertz CT molecular complexity index is 783. The average molecular weight is 329 g/mol. The third-order valence-electron chi connectivity index (χ3n) is 2.99. The topological polar surface area (TPSA) is 66.2 Å². The van der Waals surface area contributed by atoms with Crippen LogP contribution in [0.5, 0.6) is 5.75 Å². The number of aryl methyl sites for hydroxylation is 1. The standard InChI is InChI=1S/C16H15N3O3S/c1-19-10-12(9-17-19)15-18-14(11-23-15)16(20)22-8-7-21-13-5-3-2-4-6-13/h2-6,9-11H,7-8H2,1H3. The first kappa shape index (κ1) is 15.2. The van der Waals surface area contributed by atoms with Crippen LogP contribution in [0, 0.1) is 0 Å². The van der Waals surface area contributed by atoms with Crippen LogP contribution < -0.4 is 4.74 Å². The van der Waals surface area contributed by atoms with Crippen LogP contribution in [0.25, 0.3) is 10.6 Å². The number of hydrogen-bond acceptors (Lipinski definition) is 6. The quantitative estimate of drug-likeness (QED) is 0.514. The molecular formula is C16H15N3O3S. The number of carbonyl (C=O) groups excluding carboxylic acids is 1. The number of aromatic nitrogens is 3. The Morgan fingerprint density at radius 3 is 2.83 bits per heavy atom. The van der Waals surface area contributed by atoms with Crippen LogP contribution in [0.2, 0.25) is 0 Å². The lowest BCUT2D eigenvalue weighted by Gasteiger charge is -2.06. The summed E-state index contributed by atoms with van der Waals surface area (Å²) in [6.45, 7) is 0.475. The summed E-state index contributed by atoms with van der Waals surface area (Å²) in [5, 5.41) is 6.51. The molecule has 2 heterocycles. The van der Waals surface area contributed by atoms with E-state index >= 15 is 0 Å². The number of esters is 1. The van der Waals surface area contributed by atoms with Gasteiger partial charge in [-0.25, -0.2) is 9.78 Å². The SMILES string of the molecule is Cn1cc(-c2nc(C(=O)OCCOc3ccccc3)cs2)cn1. The lowest BCUT2D eigenvalue weighted by atomic mass is 10.3. The molecule has 3 aromatic rings. The predicted octanol–water partition coefficient (Wildman–Crippen LogP) is 2.78. The zero-order valence-electron chi connectivity index (χ0n) is 12.5. The van der Waals surface area contributed by atoms with E-state index in [0.29, 0.717) is 12.3 Å². The Labute approximate surface area is 137 Å². The summed E-state index contributed by atoms with van der Waals surface area (Å²) in [5.41, 5.74) is 1.18. The molecule has 0 bridgehead atoms. The summed E-state index contributed by atoms with van der Waals surface area (Å²) in [7, 11) is 1.83. The first-order valence-electron chi connectivity index (χ1n) is 7.02. The highest BCUT2D eigenvalue weighted by molar-refractivity contribution is 7.13. The number of nitrogens with zero attached hydrogens (tertiary/aromatic N) is 3. The van der Waals surface area contributed by atoms with Gasteiger partial charge in [-0.3, -0.25) is 4.68 Å². The highest BCUT2D eigenvalue weighted by Gasteiger charge is 2.14. The number of para-hydroxylation sites is 1. The van der Waals surface area contributed by atoms with Crippen molar-refractivity contribution in [2.45, 2.75) is 0 Å². The van der Waals surface area contributed by atoms with E-state index in [4.69, 9.17) is 9.47 Å². The molecule has 0 atom stereocenters. The number of benzene rings is 1. The molecule has 0 saturated heterocycles. The van der Waals surface area contributed by atoms with Gasteiger partial charge in [-0.15, -0.1) is 11.3 Å². The van der Waals surface area contributed by atoms with Gasteiger partial charge in [0.2, 0.25) is 0 Å². The molecule has 3 rings (SSSR count). The maximum atomic E-state index is 12.0. The normalized spacial score (nSPS) is 10.5. The summed E-state index contributed by atoms with van der Waals surface area (Å²) >= 11 is 1.38. The van der Waals surface area contributed by atoms with Crippen LogP contribution in [-0.2, 0) is 11.8 Å². The number of hydrogen-bond donors (Lipinski definition) is 0. The second kappa shape index (κ2) is 7.06. The van der Waals surface area contributed by atoms with Gasteiger partial charge in [0.05, 0.1) is 6.20 Å². The number of ether oxygens (including phenoxy) is 2. The van der Waals surface area contributed by atoms with E-state index in [1.165, 1.54) is 11.3 Å². The fraction of sp³-hybridized carbons (Fsp3) is 0.188. The van der Waals surface area contributed by atoms with Gasteiger partial charge in [0.25, 0.3) is 0 Å². The molecule has 0 aliphatic heterocycles. The third-order valence-corrected chi connectivity index (χ3v) is 3.88. The summed E-state index contributed by atoms with van der Waals surface area (Å²) < 4.78 is 12.3. The summed E-state index contributed by atoms with van der Waals surface area (Å²) in [6, 6.07) is 9.38. The second-order valence-corrected chi connectivity index (χ2v) is 5.60. The molecule has 0 saturated carbocycles. The van der Waals surface area contributed by atoms with Crippen molar-refractivity contribution >= 4 is 17.3 Å². The van der Waals surface area contributed by atoms with Crippen LogP contribution in [0.1, 0.15) is 10.5 Å². The van der Waals surface area contributed by atoms with Crippen molar-refractivity contribution in [2.24, 2.45) is 7.05 Å².